The van der Waals surface area contributed by atoms with Gasteiger partial charge < -0.3 is 10.5 Å². The summed E-state index contributed by atoms with van der Waals surface area (Å²) in [5.41, 5.74) is 6.71. The number of hydrogen-bond acceptors (Lipinski definition) is 3. The van der Waals surface area contributed by atoms with E-state index in [2.05, 4.69) is 5.32 Å². The van der Waals surface area contributed by atoms with Crippen molar-refractivity contribution in [1.82, 2.24) is 0 Å². The lowest BCUT2D eigenvalue weighted by Gasteiger charge is -2.12. The maximum Gasteiger partial charge on any atom is 0.411 e. The zero-order chi connectivity index (χ0) is 12.1. The van der Waals surface area contributed by atoms with Gasteiger partial charge in [-0.15, -0.1) is 0 Å². The predicted molar refractivity (Wildman–Crippen MR) is 67.6 cm³/mol. The second-order valence-corrected chi connectivity index (χ2v) is 3.93. The Morgan fingerprint density at radius 1 is 1.44 bits per heavy atom. The van der Waals surface area contributed by atoms with Crippen LogP contribution in [0.2, 0.25) is 0 Å². The van der Waals surface area contributed by atoms with Gasteiger partial charge in [-0.25, -0.2) is 4.79 Å². The van der Waals surface area contributed by atoms with Crippen LogP contribution in [0.3, 0.4) is 0 Å². The Bertz CT molecular complexity index is 405. The standard InChI is InChI=1S/C11H14N2O2S/c1-7(2)15-11(14)13-9-6-4-3-5-8(9)10(12)16/h3-7H,1-2H3,(H2,12,16)(H,13,14). The fourth-order valence-electron chi connectivity index (χ4n) is 1.16. The van der Waals surface area contributed by atoms with Crippen LogP contribution >= 0.6 is 12.2 Å². The fraction of sp³-hybridized carbons (Fsp3) is 0.273. The molecule has 5 heteroatoms. The molecule has 16 heavy (non-hydrogen) atoms. The van der Waals surface area contributed by atoms with Crippen LogP contribution in [0.1, 0.15) is 19.4 Å². The molecule has 0 saturated heterocycles. The number of rotatable bonds is 3. The van der Waals surface area contributed by atoms with Gasteiger partial charge in [-0.05, 0) is 26.0 Å². The number of anilines is 1. The number of carbonyl (C=O) groups excluding carboxylic acids is 1. The molecule has 1 aromatic carbocycles. The smallest absolute Gasteiger partial charge is 0.411 e. The number of nitrogens with two attached hydrogens (primary N) is 1. The molecule has 0 bridgehead atoms. The van der Waals surface area contributed by atoms with Gasteiger partial charge in [-0.1, -0.05) is 24.4 Å². The van der Waals surface area contributed by atoms with E-state index in [9.17, 15) is 4.79 Å². The summed E-state index contributed by atoms with van der Waals surface area (Å²) in [6.07, 6.45) is -0.685. The van der Waals surface area contributed by atoms with E-state index < -0.39 is 6.09 Å². The Kier molecular flexibility index (Phi) is 4.25. The first-order valence-corrected chi connectivity index (χ1v) is 5.28. The third-order valence-corrected chi connectivity index (χ3v) is 1.99. The van der Waals surface area contributed by atoms with E-state index in [1.54, 1.807) is 38.1 Å². The average Bonchev–Trinajstić information content (AvgIpc) is 2.16. The van der Waals surface area contributed by atoms with Crippen molar-refractivity contribution in [1.29, 1.82) is 0 Å². The van der Waals surface area contributed by atoms with E-state index >= 15 is 0 Å². The van der Waals surface area contributed by atoms with Gasteiger partial charge >= 0.3 is 6.09 Å². The minimum Gasteiger partial charge on any atom is -0.447 e. The van der Waals surface area contributed by atoms with Crippen molar-refractivity contribution in [2.75, 3.05) is 5.32 Å². The largest absolute Gasteiger partial charge is 0.447 e. The molecule has 4 nitrogen and oxygen atoms in total. The van der Waals surface area contributed by atoms with Gasteiger partial charge in [0, 0.05) is 5.56 Å². The lowest BCUT2D eigenvalue weighted by atomic mass is 10.2. The highest BCUT2D eigenvalue weighted by atomic mass is 32.1. The van der Waals surface area contributed by atoms with Crippen LogP contribution in [0.4, 0.5) is 10.5 Å². The van der Waals surface area contributed by atoms with Gasteiger partial charge in [0.1, 0.15) is 4.99 Å². The van der Waals surface area contributed by atoms with Gasteiger partial charge in [-0.3, -0.25) is 5.32 Å². The highest BCUT2D eigenvalue weighted by Crippen LogP contribution is 2.15. The molecule has 0 radical (unpaired) electrons. The number of thiocarbonyl (C=S) groups is 1. The molecule has 0 unspecified atom stereocenters. The highest BCUT2D eigenvalue weighted by molar-refractivity contribution is 7.80. The van der Waals surface area contributed by atoms with E-state index in [0.29, 0.717) is 11.3 Å². The third kappa shape index (κ3) is 3.51. The number of para-hydroxylation sites is 1. The van der Waals surface area contributed by atoms with Crippen molar-refractivity contribution in [2.24, 2.45) is 5.73 Å². The quantitative estimate of drug-likeness (QED) is 0.793. The Balaban J connectivity index is 2.81. The molecule has 86 valence electrons. The van der Waals surface area contributed by atoms with E-state index in [1.165, 1.54) is 0 Å². The minimum atomic E-state index is -0.515. The lowest BCUT2D eigenvalue weighted by molar-refractivity contribution is 0.130. The molecule has 1 amide bonds. The van der Waals surface area contributed by atoms with Crippen molar-refractivity contribution in [3.05, 3.63) is 29.8 Å². The van der Waals surface area contributed by atoms with Gasteiger partial charge in [0.25, 0.3) is 0 Å². The predicted octanol–water partition coefficient (Wildman–Crippen LogP) is 2.28. The summed E-state index contributed by atoms with van der Waals surface area (Å²) in [5.74, 6) is 0. The third-order valence-electron chi connectivity index (χ3n) is 1.77. The molecule has 1 rings (SSSR count). The zero-order valence-electron chi connectivity index (χ0n) is 9.19. The topological polar surface area (TPSA) is 64.3 Å². The summed E-state index contributed by atoms with van der Waals surface area (Å²) in [6, 6.07) is 7.05. The Morgan fingerprint density at radius 3 is 2.62 bits per heavy atom. The van der Waals surface area contributed by atoms with Crippen LogP contribution < -0.4 is 11.1 Å². The van der Waals surface area contributed by atoms with Crippen LogP contribution in [-0.2, 0) is 4.74 Å². The minimum absolute atomic E-state index is 0.169. The molecule has 0 atom stereocenters. The molecule has 0 saturated carbocycles. The van der Waals surface area contributed by atoms with Crippen molar-refractivity contribution >= 4 is 29.0 Å². The first-order chi connectivity index (χ1) is 7.50. The number of hydrogen-bond donors (Lipinski definition) is 2. The number of carbonyl (C=O) groups is 1. The SMILES string of the molecule is CC(C)OC(=O)Nc1ccccc1C(N)=S. The highest BCUT2D eigenvalue weighted by Gasteiger charge is 2.09. The number of amides is 1. The maximum absolute atomic E-state index is 11.4. The van der Waals surface area contributed by atoms with Crippen molar-refractivity contribution in [3.63, 3.8) is 0 Å². The molecule has 1 aromatic rings. The molecule has 0 aliphatic carbocycles. The number of nitrogens with one attached hydrogen (secondary N) is 1. The van der Waals surface area contributed by atoms with E-state index in [1.807, 2.05) is 0 Å². The maximum atomic E-state index is 11.4. The second kappa shape index (κ2) is 5.46. The Hall–Kier alpha value is -1.62. The van der Waals surface area contributed by atoms with Crippen molar-refractivity contribution in [3.8, 4) is 0 Å². The van der Waals surface area contributed by atoms with Crippen LogP contribution in [-0.4, -0.2) is 17.2 Å². The van der Waals surface area contributed by atoms with Gasteiger partial charge in [0.05, 0.1) is 11.8 Å². The molecule has 3 N–H and O–H groups in total. The molecule has 0 aliphatic heterocycles. The summed E-state index contributed by atoms with van der Waals surface area (Å²) >= 11 is 4.88. The summed E-state index contributed by atoms with van der Waals surface area (Å²) in [5, 5.41) is 2.59. The first kappa shape index (κ1) is 12.4. The first-order valence-electron chi connectivity index (χ1n) is 4.87. The normalized spacial score (nSPS) is 9.94. The second-order valence-electron chi connectivity index (χ2n) is 3.49. The van der Waals surface area contributed by atoms with Crippen LogP contribution in [0.15, 0.2) is 24.3 Å². The monoisotopic (exact) mass is 238 g/mol. The zero-order valence-corrected chi connectivity index (χ0v) is 10.0. The number of ether oxygens (including phenoxy) is 1. The number of benzene rings is 1. The Labute approximate surface area is 99.8 Å². The molecule has 0 spiro atoms. The van der Waals surface area contributed by atoms with Gasteiger partial charge in [0.2, 0.25) is 0 Å². The van der Waals surface area contributed by atoms with E-state index in [-0.39, 0.29) is 11.1 Å². The Morgan fingerprint density at radius 2 is 2.06 bits per heavy atom. The molecule has 0 aliphatic rings. The van der Waals surface area contributed by atoms with Crippen molar-refractivity contribution < 1.29 is 9.53 Å². The van der Waals surface area contributed by atoms with Crippen LogP contribution in [0.5, 0.6) is 0 Å². The fourth-order valence-corrected chi connectivity index (χ4v) is 1.34. The van der Waals surface area contributed by atoms with Crippen LogP contribution in [0.25, 0.3) is 0 Å². The molecule has 0 fully saturated rings. The molecule has 0 aromatic heterocycles. The van der Waals surface area contributed by atoms with E-state index in [0.717, 1.165) is 0 Å². The van der Waals surface area contributed by atoms with E-state index in [4.69, 9.17) is 22.7 Å². The lowest BCUT2D eigenvalue weighted by Crippen LogP contribution is -2.20. The summed E-state index contributed by atoms with van der Waals surface area (Å²) < 4.78 is 4.95. The molecule has 0 heterocycles. The average molecular weight is 238 g/mol. The van der Waals surface area contributed by atoms with Crippen molar-refractivity contribution in [2.45, 2.75) is 20.0 Å². The molecular formula is C11H14N2O2S. The summed E-state index contributed by atoms with van der Waals surface area (Å²) in [6.45, 7) is 3.55. The van der Waals surface area contributed by atoms with Gasteiger partial charge in [0.15, 0.2) is 0 Å². The van der Waals surface area contributed by atoms with Gasteiger partial charge in [-0.2, -0.15) is 0 Å². The summed E-state index contributed by atoms with van der Waals surface area (Å²) in [4.78, 5) is 11.6. The molecular weight excluding hydrogens is 224 g/mol. The summed E-state index contributed by atoms with van der Waals surface area (Å²) in [7, 11) is 0. The van der Waals surface area contributed by atoms with Crippen LogP contribution in [0, 0.1) is 0 Å².